The SMILES string of the molecule is O=C(Nc1ccc2oc(-c3ccc(Br)cc3)nc2c1)c1cc(Br)ccc1I. The van der Waals surface area contributed by atoms with Gasteiger partial charge in [0, 0.05) is 23.8 Å². The molecule has 1 N–H and O–H groups in total. The molecule has 0 atom stereocenters. The maximum Gasteiger partial charge on any atom is 0.256 e. The van der Waals surface area contributed by atoms with E-state index in [-0.39, 0.29) is 5.91 Å². The largest absolute Gasteiger partial charge is 0.436 e. The van der Waals surface area contributed by atoms with Gasteiger partial charge in [-0.05, 0) is 83.3 Å². The molecule has 0 aliphatic heterocycles. The summed E-state index contributed by atoms with van der Waals surface area (Å²) in [5.41, 5.74) is 3.53. The lowest BCUT2D eigenvalue weighted by atomic mass is 10.2. The van der Waals surface area contributed by atoms with E-state index in [4.69, 9.17) is 4.42 Å². The molecule has 4 aromatic rings. The Hall–Kier alpha value is -1.71. The summed E-state index contributed by atoms with van der Waals surface area (Å²) in [6, 6.07) is 18.8. The van der Waals surface area contributed by atoms with E-state index in [1.165, 1.54) is 0 Å². The van der Waals surface area contributed by atoms with Gasteiger partial charge in [0.1, 0.15) is 5.52 Å². The zero-order chi connectivity index (χ0) is 19.0. The van der Waals surface area contributed by atoms with E-state index in [0.29, 0.717) is 28.2 Å². The van der Waals surface area contributed by atoms with Crippen LogP contribution in [0.3, 0.4) is 0 Å². The number of hydrogen-bond acceptors (Lipinski definition) is 3. The number of hydrogen-bond donors (Lipinski definition) is 1. The normalized spacial score (nSPS) is 10.9. The molecule has 0 radical (unpaired) electrons. The zero-order valence-electron chi connectivity index (χ0n) is 13.7. The Morgan fingerprint density at radius 3 is 2.48 bits per heavy atom. The molecule has 1 aromatic heterocycles. The molecule has 4 rings (SSSR count). The van der Waals surface area contributed by atoms with Crippen LogP contribution < -0.4 is 5.32 Å². The first-order valence-electron chi connectivity index (χ1n) is 7.92. The van der Waals surface area contributed by atoms with Crippen LogP contribution in [0.15, 0.2) is 74.0 Å². The van der Waals surface area contributed by atoms with Crippen molar-refractivity contribution in [3.05, 3.63) is 78.7 Å². The second kappa shape index (κ2) is 7.73. The Labute approximate surface area is 185 Å². The fraction of sp³-hybridized carbons (Fsp3) is 0. The van der Waals surface area contributed by atoms with Crippen LogP contribution in [-0.4, -0.2) is 10.9 Å². The zero-order valence-corrected chi connectivity index (χ0v) is 19.0. The van der Waals surface area contributed by atoms with Crippen molar-refractivity contribution >= 4 is 77.1 Å². The van der Waals surface area contributed by atoms with Crippen LogP contribution in [0.4, 0.5) is 5.69 Å². The molecule has 0 saturated carbocycles. The fourth-order valence-electron chi connectivity index (χ4n) is 2.59. The molecule has 1 heterocycles. The standard InChI is InChI=1S/C20H11Br2IN2O2/c21-12-3-1-11(2-4-12)20-25-17-10-14(6-8-18(17)27-20)24-19(26)15-9-13(22)5-7-16(15)23/h1-10H,(H,24,26). The highest BCUT2D eigenvalue weighted by Crippen LogP contribution is 2.27. The van der Waals surface area contributed by atoms with Crippen LogP contribution in [0.1, 0.15) is 10.4 Å². The molecular weight excluding hydrogens is 587 g/mol. The number of fused-ring (bicyclic) bond motifs is 1. The average Bonchev–Trinajstić information content (AvgIpc) is 3.07. The van der Waals surface area contributed by atoms with Gasteiger partial charge in [-0.25, -0.2) is 4.98 Å². The molecule has 0 spiro atoms. The van der Waals surface area contributed by atoms with E-state index < -0.39 is 0 Å². The number of nitrogens with zero attached hydrogens (tertiary/aromatic N) is 1. The summed E-state index contributed by atoms with van der Waals surface area (Å²) in [5, 5.41) is 2.92. The second-order valence-electron chi connectivity index (χ2n) is 5.79. The molecule has 7 heteroatoms. The van der Waals surface area contributed by atoms with Gasteiger partial charge in [0.2, 0.25) is 5.89 Å². The highest BCUT2D eigenvalue weighted by molar-refractivity contribution is 14.1. The van der Waals surface area contributed by atoms with E-state index in [1.54, 1.807) is 6.07 Å². The van der Waals surface area contributed by atoms with Crippen LogP contribution in [0.2, 0.25) is 0 Å². The van der Waals surface area contributed by atoms with Crippen molar-refractivity contribution < 1.29 is 9.21 Å². The third-order valence-corrected chi connectivity index (χ3v) is 5.87. The second-order valence-corrected chi connectivity index (χ2v) is 8.78. The molecular formula is C20H11Br2IN2O2. The van der Waals surface area contributed by atoms with E-state index in [2.05, 4.69) is 64.8 Å². The van der Waals surface area contributed by atoms with E-state index in [0.717, 1.165) is 18.1 Å². The molecule has 4 nitrogen and oxygen atoms in total. The van der Waals surface area contributed by atoms with Crippen LogP contribution >= 0.6 is 54.5 Å². The number of benzene rings is 3. The molecule has 0 aliphatic carbocycles. The first-order valence-corrected chi connectivity index (χ1v) is 10.6. The summed E-state index contributed by atoms with van der Waals surface area (Å²) >= 11 is 8.97. The first-order chi connectivity index (χ1) is 13.0. The highest BCUT2D eigenvalue weighted by Gasteiger charge is 2.13. The van der Waals surface area contributed by atoms with Gasteiger partial charge in [-0.15, -0.1) is 0 Å². The van der Waals surface area contributed by atoms with Gasteiger partial charge in [-0.2, -0.15) is 0 Å². The third kappa shape index (κ3) is 4.09. The van der Waals surface area contributed by atoms with Crippen LogP contribution in [0, 0.1) is 3.57 Å². The molecule has 1 amide bonds. The quantitative estimate of drug-likeness (QED) is 0.262. The summed E-state index contributed by atoms with van der Waals surface area (Å²) in [5.74, 6) is 0.374. The molecule has 3 aromatic carbocycles. The number of halogens is 3. The maximum atomic E-state index is 12.6. The fourth-order valence-corrected chi connectivity index (χ4v) is 3.80. The molecule has 0 bridgehead atoms. The number of nitrogens with one attached hydrogen (secondary N) is 1. The third-order valence-electron chi connectivity index (χ3n) is 3.91. The minimum atomic E-state index is -0.170. The highest BCUT2D eigenvalue weighted by atomic mass is 127. The van der Waals surface area contributed by atoms with Crippen molar-refractivity contribution in [2.45, 2.75) is 0 Å². The lowest BCUT2D eigenvalue weighted by Gasteiger charge is -2.07. The van der Waals surface area contributed by atoms with Gasteiger partial charge in [0.25, 0.3) is 5.91 Å². The predicted octanol–water partition coefficient (Wildman–Crippen LogP) is 6.88. The topological polar surface area (TPSA) is 55.1 Å². The predicted molar refractivity (Wildman–Crippen MR) is 122 cm³/mol. The Kier molecular flexibility index (Phi) is 5.34. The van der Waals surface area contributed by atoms with Crippen LogP contribution in [-0.2, 0) is 0 Å². The molecule has 27 heavy (non-hydrogen) atoms. The Balaban J connectivity index is 1.62. The number of amides is 1. The summed E-state index contributed by atoms with van der Waals surface area (Å²) in [6.45, 7) is 0. The number of carbonyl (C=O) groups is 1. The average molecular weight is 598 g/mol. The van der Waals surface area contributed by atoms with Gasteiger partial charge in [0.15, 0.2) is 5.58 Å². The van der Waals surface area contributed by atoms with Crippen molar-refractivity contribution in [1.29, 1.82) is 0 Å². The van der Waals surface area contributed by atoms with Crippen molar-refractivity contribution in [2.75, 3.05) is 5.32 Å². The number of oxazole rings is 1. The number of rotatable bonds is 3. The number of anilines is 1. The molecule has 0 aliphatic rings. The molecule has 0 fully saturated rings. The van der Waals surface area contributed by atoms with E-state index in [9.17, 15) is 4.79 Å². The Morgan fingerprint density at radius 2 is 1.70 bits per heavy atom. The summed E-state index contributed by atoms with van der Waals surface area (Å²) in [7, 11) is 0. The van der Waals surface area contributed by atoms with Gasteiger partial charge in [-0.1, -0.05) is 31.9 Å². The van der Waals surface area contributed by atoms with Crippen molar-refractivity contribution in [3.63, 3.8) is 0 Å². The Morgan fingerprint density at radius 1 is 0.963 bits per heavy atom. The molecule has 0 unspecified atom stereocenters. The lowest BCUT2D eigenvalue weighted by Crippen LogP contribution is -2.13. The summed E-state index contributed by atoms with van der Waals surface area (Å²) < 4.78 is 8.56. The summed E-state index contributed by atoms with van der Waals surface area (Å²) in [6.07, 6.45) is 0. The van der Waals surface area contributed by atoms with E-state index >= 15 is 0 Å². The summed E-state index contributed by atoms with van der Waals surface area (Å²) in [4.78, 5) is 17.1. The molecule has 134 valence electrons. The van der Waals surface area contributed by atoms with Crippen molar-refractivity contribution in [1.82, 2.24) is 4.98 Å². The minimum Gasteiger partial charge on any atom is -0.436 e. The minimum absolute atomic E-state index is 0.170. The smallest absolute Gasteiger partial charge is 0.256 e. The number of carbonyl (C=O) groups excluding carboxylic acids is 1. The van der Waals surface area contributed by atoms with Crippen molar-refractivity contribution in [2.24, 2.45) is 0 Å². The van der Waals surface area contributed by atoms with Crippen molar-refractivity contribution in [3.8, 4) is 11.5 Å². The van der Waals surface area contributed by atoms with Crippen LogP contribution in [0.5, 0.6) is 0 Å². The first kappa shape index (κ1) is 18.6. The molecule has 0 saturated heterocycles. The maximum absolute atomic E-state index is 12.6. The van der Waals surface area contributed by atoms with Gasteiger partial charge in [0.05, 0.1) is 5.56 Å². The van der Waals surface area contributed by atoms with Crippen LogP contribution in [0.25, 0.3) is 22.6 Å². The van der Waals surface area contributed by atoms with Gasteiger partial charge < -0.3 is 9.73 Å². The van der Waals surface area contributed by atoms with E-state index in [1.807, 2.05) is 54.6 Å². The monoisotopic (exact) mass is 596 g/mol. The Bertz CT molecular complexity index is 1160. The van der Waals surface area contributed by atoms with Gasteiger partial charge >= 0.3 is 0 Å². The number of aromatic nitrogens is 1. The lowest BCUT2D eigenvalue weighted by molar-refractivity contribution is 0.102. The van der Waals surface area contributed by atoms with Gasteiger partial charge in [-0.3, -0.25) is 4.79 Å².